The first-order valence-electron chi connectivity index (χ1n) is 7.02. The highest BCUT2D eigenvalue weighted by Crippen LogP contribution is 2.27. The molecule has 3 heterocycles. The number of furan rings is 1. The minimum Gasteiger partial charge on any atom is -0.451 e. The van der Waals surface area contributed by atoms with Gasteiger partial charge in [-0.3, -0.25) is 0 Å². The van der Waals surface area contributed by atoms with Gasteiger partial charge in [-0.25, -0.2) is 8.42 Å². The standard InChI is InChI=1S/C13H17N3O4S/c1-2-11-14-15-13(20-11)10-8-12(19-9-10)21(17,18)16-6-4-3-5-7-16/h8-9H,2-7H2,1H3. The van der Waals surface area contributed by atoms with Crippen LogP contribution in [0.5, 0.6) is 0 Å². The van der Waals surface area contributed by atoms with Gasteiger partial charge in [0.2, 0.25) is 11.0 Å². The summed E-state index contributed by atoms with van der Waals surface area (Å²) in [5, 5.41) is 7.66. The Balaban J connectivity index is 1.86. The van der Waals surface area contributed by atoms with Crippen molar-refractivity contribution in [3.63, 3.8) is 0 Å². The molecule has 2 aromatic rings. The van der Waals surface area contributed by atoms with Crippen LogP contribution in [0.1, 0.15) is 32.1 Å². The van der Waals surface area contributed by atoms with Crippen LogP contribution in [0.2, 0.25) is 0 Å². The highest BCUT2D eigenvalue weighted by atomic mass is 32.2. The molecule has 1 aliphatic rings. The Morgan fingerprint density at radius 2 is 2.00 bits per heavy atom. The van der Waals surface area contributed by atoms with Crippen molar-refractivity contribution in [2.24, 2.45) is 0 Å². The van der Waals surface area contributed by atoms with Crippen molar-refractivity contribution < 1.29 is 17.3 Å². The predicted octanol–water partition coefficient (Wildman–Crippen LogP) is 2.07. The normalized spacial score (nSPS) is 17.2. The molecule has 1 aliphatic heterocycles. The fraction of sp³-hybridized carbons (Fsp3) is 0.538. The topological polar surface area (TPSA) is 89.4 Å². The Labute approximate surface area is 123 Å². The van der Waals surface area contributed by atoms with E-state index in [-0.39, 0.29) is 11.0 Å². The third-order valence-electron chi connectivity index (χ3n) is 3.50. The number of aromatic nitrogens is 2. The zero-order chi connectivity index (χ0) is 14.9. The zero-order valence-corrected chi connectivity index (χ0v) is 12.6. The quantitative estimate of drug-likeness (QED) is 0.858. The van der Waals surface area contributed by atoms with Crippen molar-refractivity contribution in [3.8, 4) is 11.5 Å². The first-order valence-corrected chi connectivity index (χ1v) is 8.46. The van der Waals surface area contributed by atoms with Gasteiger partial charge in [-0.1, -0.05) is 13.3 Å². The second-order valence-corrected chi connectivity index (χ2v) is 6.84. The monoisotopic (exact) mass is 311 g/mol. The molecule has 114 valence electrons. The van der Waals surface area contributed by atoms with E-state index in [4.69, 9.17) is 8.83 Å². The Bertz CT molecular complexity index is 713. The highest BCUT2D eigenvalue weighted by molar-refractivity contribution is 7.89. The molecule has 0 atom stereocenters. The summed E-state index contributed by atoms with van der Waals surface area (Å²) in [4.78, 5) is 0. The number of hydrogen-bond donors (Lipinski definition) is 0. The molecule has 0 N–H and O–H groups in total. The van der Waals surface area contributed by atoms with E-state index >= 15 is 0 Å². The van der Waals surface area contributed by atoms with E-state index in [1.807, 2.05) is 6.92 Å². The molecule has 0 saturated carbocycles. The molecule has 0 aliphatic carbocycles. The van der Waals surface area contributed by atoms with Crippen molar-refractivity contribution in [1.29, 1.82) is 0 Å². The number of rotatable bonds is 4. The fourth-order valence-corrected chi connectivity index (χ4v) is 3.75. The second kappa shape index (κ2) is 5.61. The Kier molecular flexibility index (Phi) is 3.81. The van der Waals surface area contributed by atoms with Gasteiger partial charge >= 0.3 is 0 Å². The summed E-state index contributed by atoms with van der Waals surface area (Å²) in [5.41, 5.74) is 0.484. The van der Waals surface area contributed by atoms with Crippen LogP contribution in [0.4, 0.5) is 0 Å². The maximum Gasteiger partial charge on any atom is 0.276 e. The fourth-order valence-electron chi connectivity index (χ4n) is 2.31. The summed E-state index contributed by atoms with van der Waals surface area (Å²) < 4.78 is 37.0. The van der Waals surface area contributed by atoms with Gasteiger partial charge in [-0.2, -0.15) is 4.31 Å². The lowest BCUT2D eigenvalue weighted by Gasteiger charge is -2.24. The lowest BCUT2D eigenvalue weighted by molar-refractivity contribution is 0.332. The van der Waals surface area contributed by atoms with E-state index in [9.17, 15) is 8.42 Å². The maximum absolute atomic E-state index is 12.5. The molecular formula is C13H17N3O4S. The number of hydrogen-bond acceptors (Lipinski definition) is 6. The zero-order valence-electron chi connectivity index (χ0n) is 11.8. The van der Waals surface area contributed by atoms with E-state index < -0.39 is 10.0 Å². The van der Waals surface area contributed by atoms with Crippen LogP contribution in [-0.2, 0) is 16.4 Å². The smallest absolute Gasteiger partial charge is 0.276 e. The Morgan fingerprint density at radius 1 is 1.24 bits per heavy atom. The van der Waals surface area contributed by atoms with Crippen LogP contribution in [0.3, 0.4) is 0 Å². The van der Waals surface area contributed by atoms with Gasteiger partial charge < -0.3 is 8.83 Å². The minimum atomic E-state index is -3.57. The number of aryl methyl sites for hydroxylation is 1. The van der Waals surface area contributed by atoms with Crippen LogP contribution in [0.15, 0.2) is 26.3 Å². The average molecular weight is 311 g/mol. The van der Waals surface area contributed by atoms with Crippen molar-refractivity contribution in [3.05, 3.63) is 18.2 Å². The van der Waals surface area contributed by atoms with Gasteiger partial charge in [0.25, 0.3) is 15.9 Å². The minimum absolute atomic E-state index is 0.0735. The summed E-state index contributed by atoms with van der Waals surface area (Å²) in [6, 6.07) is 1.44. The second-order valence-electron chi connectivity index (χ2n) is 4.97. The number of piperidine rings is 1. The van der Waals surface area contributed by atoms with Crippen LogP contribution in [0.25, 0.3) is 11.5 Å². The summed E-state index contributed by atoms with van der Waals surface area (Å²) >= 11 is 0. The molecule has 21 heavy (non-hydrogen) atoms. The van der Waals surface area contributed by atoms with Gasteiger partial charge in [0.15, 0.2) is 0 Å². The maximum atomic E-state index is 12.5. The van der Waals surface area contributed by atoms with Crippen molar-refractivity contribution in [2.45, 2.75) is 37.7 Å². The average Bonchev–Trinajstić information content (AvgIpc) is 3.17. The lowest BCUT2D eigenvalue weighted by Crippen LogP contribution is -2.35. The molecule has 1 saturated heterocycles. The van der Waals surface area contributed by atoms with E-state index in [2.05, 4.69) is 10.2 Å². The van der Waals surface area contributed by atoms with E-state index in [1.165, 1.54) is 16.6 Å². The lowest BCUT2D eigenvalue weighted by atomic mass is 10.2. The van der Waals surface area contributed by atoms with Crippen LogP contribution in [0, 0.1) is 0 Å². The van der Waals surface area contributed by atoms with Gasteiger partial charge in [0.05, 0.1) is 5.56 Å². The van der Waals surface area contributed by atoms with Crippen molar-refractivity contribution in [1.82, 2.24) is 14.5 Å². The molecular weight excluding hydrogens is 294 g/mol. The molecule has 0 bridgehead atoms. The third-order valence-corrected chi connectivity index (χ3v) is 5.27. The summed E-state index contributed by atoms with van der Waals surface area (Å²) in [7, 11) is -3.57. The summed E-state index contributed by atoms with van der Waals surface area (Å²) in [5.74, 6) is 0.780. The third kappa shape index (κ3) is 2.73. The molecule has 1 fully saturated rings. The molecule has 0 radical (unpaired) electrons. The first kappa shape index (κ1) is 14.3. The molecule has 3 rings (SSSR count). The molecule has 7 nitrogen and oxygen atoms in total. The largest absolute Gasteiger partial charge is 0.451 e. The van der Waals surface area contributed by atoms with Crippen LogP contribution in [-0.4, -0.2) is 36.0 Å². The molecule has 8 heteroatoms. The molecule has 0 spiro atoms. The summed E-state index contributed by atoms with van der Waals surface area (Å²) in [6.07, 6.45) is 4.80. The molecule has 2 aromatic heterocycles. The van der Waals surface area contributed by atoms with Gasteiger partial charge in [0.1, 0.15) is 6.26 Å². The first-order chi connectivity index (χ1) is 10.1. The van der Waals surface area contributed by atoms with E-state index in [1.54, 1.807) is 0 Å². The molecule has 0 aromatic carbocycles. The molecule has 0 amide bonds. The Morgan fingerprint density at radius 3 is 2.67 bits per heavy atom. The Hall–Kier alpha value is -1.67. The van der Waals surface area contributed by atoms with Gasteiger partial charge in [0, 0.05) is 25.6 Å². The SMILES string of the molecule is CCc1nnc(-c2coc(S(=O)(=O)N3CCCCC3)c2)o1. The predicted molar refractivity (Wildman–Crippen MR) is 74.0 cm³/mol. The number of sulfonamides is 1. The highest BCUT2D eigenvalue weighted by Gasteiger charge is 2.29. The van der Waals surface area contributed by atoms with E-state index in [0.29, 0.717) is 31.0 Å². The van der Waals surface area contributed by atoms with Crippen molar-refractivity contribution in [2.75, 3.05) is 13.1 Å². The molecule has 0 unspecified atom stereocenters. The summed E-state index contributed by atoms with van der Waals surface area (Å²) in [6.45, 7) is 2.98. The number of nitrogens with zero attached hydrogens (tertiary/aromatic N) is 3. The van der Waals surface area contributed by atoms with Gasteiger partial charge in [-0.05, 0) is 12.8 Å². The van der Waals surface area contributed by atoms with Crippen LogP contribution < -0.4 is 0 Å². The van der Waals surface area contributed by atoms with E-state index in [0.717, 1.165) is 19.3 Å². The van der Waals surface area contributed by atoms with Crippen LogP contribution >= 0.6 is 0 Å². The van der Waals surface area contributed by atoms with Crippen molar-refractivity contribution >= 4 is 10.0 Å². The van der Waals surface area contributed by atoms with Gasteiger partial charge in [-0.15, -0.1) is 10.2 Å².